The second-order valence-electron chi connectivity index (χ2n) is 7.85. The number of fused-ring (bicyclic) bond motifs is 1. The predicted molar refractivity (Wildman–Crippen MR) is 105 cm³/mol. The normalized spacial score (nSPS) is 16.4. The van der Waals surface area contributed by atoms with Crippen LogP contribution in [0.15, 0.2) is 0 Å². The number of amides is 1. The fraction of sp³-hybridized carbons (Fsp3) is 0.632. The van der Waals surface area contributed by atoms with Gasteiger partial charge in [-0.05, 0) is 31.7 Å². The number of aromatic nitrogens is 2. The molecular weight excluding hydrogens is 332 g/mol. The van der Waals surface area contributed by atoms with Crippen molar-refractivity contribution >= 4 is 33.8 Å². The van der Waals surface area contributed by atoms with Gasteiger partial charge in [0, 0.05) is 29.4 Å². The molecule has 0 bridgehead atoms. The zero-order chi connectivity index (χ0) is 18.2. The average molecular weight is 361 g/mol. The van der Waals surface area contributed by atoms with E-state index in [4.69, 9.17) is 9.97 Å². The molecule has 0 atom stereocenters. The van der Waals surface area contributed by atoms with Crippen molar-refractivity contribution < 1.29 is 4.79 Å². The van der Waals surface area contributed by atoms with E-state index < -0.39 is 0 Å². The van der Waals surface area contributed by atoms with Crippen molar-refractivity contribution in [1.82, 2.24) is 15.3 Å². The van der Waals surface area contributed by atoms with Crippen molar-refractivity contribution in [3.05, 3.63) is 16.3 Å². The van der Waals surface area contributed by atoms with E-state index in [1.54, 1.807) is 11.3 Å². The Labute approximate surface area is 153 Å². The Kier molecular flexibility index (Phi) is 5.00. The molecule has 0 radical (unpaired) electrons. The molecule has 0 aliphatic carbocycles. The van der Waals surface area contributed by atoms with Gasteiger partial charge >= 0.3 is 0 Å². The Morgan fingerprint density at radius 2 is 1.96 bits per heavy atom. The lowest BCUT2D eigenvalue weighted by Gasteiger charge is -2.33. The summed E-state index contributed by atoms with van der Waals surface area (Å²) in [5.41, 5.74) is 1.25. The smallest absolute Gasteiger partial charge is 0.207 e. The fourth-order valence-corrected chi connectivity index (χ4v) is 4.53. The zero-order valence-corrected chi connectivity index (χ0v) is 16.7. The van der Waals surface area contributed by atoms with Gasteiger partial charge in [-0.1, -0.05) is 27.7 Å². The van der Waals surface area contributed by atoms with Crippen molar-refractivity contribution in [2.24, 2.45) is 0 Å². The van der Waals surface area contributed by atoms with E-state index in [-0.39, 0.29) is 11.5 Å². The Balaban J connectivity index is 2.06. The van der Waals surface area contributed by atoms with Crippen LogP contribution in [0.2, 0.25) is 0 Å². The summed E-state index contributed by atoms with van der Waals surface area (Å²) < 4.78 is 0. The number of nitrogens with zero attached hydrogens (tertiary/aromatic N) is 3. The van der Waals surface area contributed by atoms with Gasteiger partial charge in [-0.25, -0.2) is 9.97 Å². The number of carbonyl (C=O) groups is 1. The number of anilines is 1. The second-order valence-corrected chi connectivity index (χ2v) is 8.93. The molecule has 0 spiro atoms. The van der Waals surface area contributed by atoms with Crippen LogP contribution < -0.4 is 10.2 Å². The first-order chi connectivity index (χ1) is 11.8. The molecule has 1 amide bonds. The number of piperidine rings is 1. The van der Waals surface area contributed by atoms with Crippen LogP contribution in [0.25, 0.3) is 10.2 Å². The van der Waals surface area contributed by atoms with Crippen LogP contribution in [0.1, 0.15) is 56.8 Å². The molecule has 0 aromatic carbocycles. The van der Waals surface area contributed by atoms with Crippen LogP contribution in [0.4, 0.5) is 5.82 Å². The van der Waals surface area contributed by atoms with E-state index in [1.165, 1.54) is 15.8 Å². The predicted octanol–water partition coefficient (Wildman–Crippen LogP) is 3.57. The molecule has 1 fully saturated rings. The molecule has 3 heterocycles. The zero-order valence-electron chi connectivity index (χ0n) is 15.8. The van der Waals surface area contributed by atoms with E-state index in [9.17, 15) is 4.79 Å². The lowest BCUT2D eigenvalue weighted by molar-refractivity contribution is -0.110. The third-order valence-electron chi connectivity index (χ3n) is 4.96. The first kappa shape index (κ1) is 18.1. The Bertz CT molecular complexity index is 770. The molecule has 1 N–H and O–H groups in total. The Morgan fingerprint density at radius 3 is 2.52 bits per heavy atom. The van der Waals surface area contributed by atoms with Crippen LogP contribution in [-0.2, 0) is 16.6 Å². The topological polar surface area (TPSA) is 58.1 Å². The van der Waals surface area contributed by atoms with E-state index >= 15 is 0 Å². The SMILES string of the molecule is CCc1sc2nc(C(C)(C)C)nc(N3CCC(NC=O)CC3)c2c1C. The minimum atomic E-state index is -0.0788. The number of aryl methyl sites for hydroxylation is 2. The summed E-state index contributed by atoms with van der Waals surface area (Å²) in [4.78, 5) is 25.5. The highest BCUT2D eigenvalue weighted by Crippen LogP contribution is 2.38. The number of rotatable bonds is 4. The van der Waals surface area contributed by atoms with Gasteiger partial charge in [0.1, 0.15) is 16.5 Å². The molecule has 3 rings (SSSR count). The second kappa shape index (κ2) is 6.90. The third-order valence-corrected chi connectivity index (χ3v) is 6.29. The number of hydrogen-bond donors (Lipinski definition) is 1. The number of thiophene rings is 1. The van der Waals surface area contributed by atoms with Crippen LogP contribution in [-0.4, -0.2) is 35.5 Å². The largest absolute Gasteiger partial charge is 0.356 e. The van der Waals surface area contributed by atoms with Crippen molar-refractivity contribution in [2.45, 2.75) is 65.3 Å². The minimum absolute atomic E-state index is 0.0788. The first-order valence-corrected chi connectivity index (χ1v) is 9.92. The molecule has 1 aliphatic rings. The van der Waals surface area contributed by atoms with Crippen LogP contribution in [0.5, 0.6) is 0 Å². The highest BCUT2D eigenvalue weighted by Gasteiger charge is 2.27. The average Bonchev–Trinajstić information content (AvgIpc) is 2.90. The lowest BCUT2D eigenvalue weighted by Crippen LogP contribution is -2.42. The van der Waals surface area contributed by atoms with Gasteiger partial charge in [-0.2, -0.15) is 0 Å². The lowest BCUT2D eigenvalue weighted by atomic mass is 9.95. The van der Waals surface area contributed by atoms with E-state index in [0.29, 0.717) is 0 Å². The third kappa shape index (κ3) is 3.50. The van der Waals surface area contributed by atoms with Gasteiger partial charge in [-0.15, -0.1) is 11.3 Å². The standard InChI is InChI=1S/C19H28N4OS/c1-6-14-12(2)15-16(23-9-7-13(8-10-23)20-11-24)21-18(19(3,4)5)22-17(15)25-14/h11,13H,6-10H2,1-5H3,(H,20,24). The van der Waals surface area contributed by atoms with Crippen molar-refractivity contribution in [2.75, 3.05) is 18.0 Å². The Hall–Kier alpha value is -1.69. The van der Waals surface area contributed by atoms with Gasteiger partial charge < -0.3 is 10.2 Å². The minimum Gasteiger partial charge on any atom is -0.356 e. The molecule has 25 heavy (non-hydrogen) atoms. The molecular formula is C19H28N4OS. The van der Waals surface area contributed by atoms with Crippen molar-refractivity contribution in [3.63, 3.8) is 0 Å². The molecule has 0 saturated carbocycles. The van der Waals surface area contributed by atoms with Gasteiger partial charge in [0.25, 0.3) is 0 Å². The molecule has 1 aliphatic heterocycles. The maximum atomic E-state index is 10.7. The van der Waals surface area contributed by atoms with Gasteiger partial charge in [0.05, 0.1) is 5.39 Å². The number of carbonyl (C=O) groups excluding carboxylic acids is 1. The molecule has 1 saturated heterocycles. The summed E-state index contributed by atoms with van der Waals surface area (Å²) >= 11 is 1.80. The number of hydrogen-bond acceptors (Lipinski definition) is 5. The fourth-order valence-electron chi connectivity index (χ4n) is 3.42. The van der Waals surface area contributed by atoms with E-state index in [1.807, 2.05) is 0 Å². The van der Waals surface area contributed by atoms with Gasteiger partial charge in [0.2, 0.25) is 6.41 Å². The summed E-state index contributed by atoms with van der Waals surface area (Å²) in [5.74, 6) is 1.99. The Morgan fingerprint density at radius 1 is 1.28 bits per heavy atom. The summed E-state index contributed by atoms with van der Waals surface area (Å²) in [6.07, 6.45) is 3.76. The van der Waals surface area contributed by atoms with Crippen LogP contribution >= 0.6 is 11.3 Å². The van der Waals surface area contributed by atoms with Crippen LogP contribution in [0, 0.1) is 6.92 Å². The molecule has 5 nitrogen and oxygen atoms in total. The molecule has 136 valence electrons. The van der Waals surface area contributed by atoms with Crippen molar-refractivity contribution in [3.8, 4) is 0 Å². The summed E-state index contributed by atoms with van der Waals surface area (Å²) in [5, 5.41) is 4.14. The molecule has 2 aromatic heterocycles. The quantitative estimate of drug-likeness (QED) is 0.847. The van der Waals surface area contributed by atoms with E-state index in [0.717, 1.165) is 55.2 Å². The van der Waals surface area contributed by atoms with Gasteiger partial charge in [-0.3, -0.25) is 4.79 Å². The van der Waals surface area contributed by atoms with Crippen molar-refractivity contribution in [1.29, 1.82) is 0 Å². The first-order valence-electron chi connectivity index (χ1n) is 9.10. The van der Waals surface area contributed by atoms with Crippen LogP contribution in [0.3, 0.4) is 0 Å². The highest BCUT2D eigenvalue weighted by atomic mass is 32.1. The molecule has 2 aromatic rings. The monoisotopic (exact) mass is 360 g/mol. The summed E-state index contributed by atoms with van der Waals surface area (Å²) in [7, 11) is 0. The molecule has 6 heteroatoms. The maximum absolute atomic E-state index is 10.7. The number of nitrogens with one attached hydrogen (secondary N) is 1. The van der Waals surface area contributed by atoms with E-state index in [2.05, 4.69) is 44.8 Å². The summed E-state index contributed by atoms with van der Waals surface area (Å²) in [6, 6.07) is 0.280. The van der Waals surface area contributed by atoms with Gasteiger partial charge in [0.15, 0.2) is 0 Å². The highest BCUT2D eigenvalue weighted by molar-refractivity contribution is 7.18. The molecule has 0 unspecified atom stereocenters. The maximum Gasteiger partial charge on any atom is 0.207 e. The summed E-state index contributed by atoms with van der Waals surface area (Å²) in [6.45, 7) is 12.7.